The lowest BCUT2D eigenvalue weighted by molar-refractivity contribution is -0.118. The first-order chi connectivity index (χ1) is 11.1. The van der Waals surface area contributed by atoms with Gasteiger partial charge >= 0.3 is 0 Å². The van der Waals surface area contributed by atoms with Gasteiger partial charge in [0.05, 0.1) is 16.3 Å². The van der Waals surface area contributed by atoms with Crippen LogP contribution in [0, 0.1) is 0 Å². The van der Waals surface area contributed by atoms with Crippen molar-refractivity contribution in [1.29, 1.82) is 0 Å². The van der Waals surface area contributed by atoms with E-state index in [1.54, 1.807) is 18.8 Å². The first-order valence-electron chi connectivity index (χ1n) is 7.31. The average Bonchev–Trinajstić information content (AvgIpc) is 3.04. The van der Waals surface area contributed by atoms with Crippen LogP contribution < -0.4 is 10.9 Å². The highest BCUT2D eigenvalue weighted by atomic mass is 32.2. The number of benzene rings is 1. The fourth-order valence-electron chi connectivity index (χ4n) is 2.27. The number of aryl methyl sites for hydroxylation is 1. The van der Waals surface area contributed by atoms with Gasteiger partial charge in [0.2, 0.25) is 5.91 Å². The summed E-state index contributed by atoms with van der Waals surface area (Å²) in [6, 6.07) is 9.77. The van der Waals surface area contributed by atoms with Gasteiger partial charge in [-0.05, 0) is 5.56 Å². The zero-order valence-corrected chi connectivity index (χ0v) is 14.4. The van der Waals surface area contributed by atoms with Crippen molar-refractivity contribution in [2.75, 3.05) is 11.5 Å². The summed E-state index contributed by atoms with van der Waals surface area (Å²) in [6.07, 6.45) is 0.823. The van der Waals surface area contributed by atoms with Crippen molar-refractivity contribution in [3.8, 4) is 0 Å². The Hall–Kier alpha value is -1.73. The van der Waals surface area contributed by atoms with Crippen LogP contribution in [0.5, 0.6) is 0 Å². The van der Waals surface area contributed by atoms with Crippen LogP contribution in [0.25, 0.3) is 0 Å². The van der Waals surface area contributed by atoms with Gasteiger partial charge in [0.25, 0.3) is 5.56 Å². The molecular formula is C16H17N3O2S2. The molecular weight excluding hydrogens is 330 g/mol. The molecule has 120 valence electrons. The van der Waals surface area contributed by atoms with E-state index in [1.165, 1.54) is 16.3 Å². The highest BCUT2D eigenvalue weighted by Gasteiger charge is 2.20. The number of nitrogens with zero attached hydrogens (tertiary/aromatic N) is 2. The van der Waals surface area contributed by atoms with Crippen LogP contribution in [-0.2, 0) is 24.8 Å². The minimum absolute atomic E-state index is 0.00954. The lowest BCUT2D eigenvalue weighted by Gasteiger charge is -2.09. The number of carbonyl (C=O) groups excluding carboxylic acids is 1. The first kappa shape index (κ1) is 16.1. The molecule has 2 aromatic rings. The van der Waals surface area contributed by atoms with Gasteiger partial charge in [-0.15, -0.1) is 11.8 Å². The predicted octanol–water partition coefficient (Wildman–Crippen LogP) is 1.84. The van der Waals surface area contributed by atoms with Gasteiger partial charge in [-0.25, -0.2) is 4.98 Å². The Labute approximate surface area is 142 Å². The van der Waals surface area contributed by atoms with Crippen molar-refractivity contribution < 1.29 is 4.79 Å². The largest absolute Gasteiger partial charge is 0.351 e. The standard InChI is InChI=1S/C16H17N3O2S2/c1-19-15(21)14-12(7-8-22-14)18-16(19)23-10-13(20)17-9-11-5-3-2-4-6-11/h2-6H,7-10H2,1H3,(H,17,20). The summed E-state index contributed by atoms with van der Waals surface area (Å²) in [5.41, 5.74) is 1.92. The zero-order valence-electron chi connectivity index (χ0n) is 12.7. The van der Waals surface area contributed by atoms with Crippen LogP contribution in [0.3, 0.4) is 0 Å². The van der Waals surface area contributed by atoms with Crippen molar-refractivity contribution in [2.24, 2.45) is 7.05 Å². The van der Waals surface area contributed by atoms with Crippen molar-refractivity contribution in [2.45, 2.75) is 23.0 Å². The number of nitrogens with one attached hydrogen (secondary N) is 1. The van der Waals surface area contributed by atoms with Gasteiger partial charge in [-0.3, -0.25) is 14.2 Å². The maximum Gasteiger partial charge on any atom is 0.267 e. The van der Waals surface area contributed by atoms with Gasteiger partial charge in [0.15, 0.2) is 5.16 Å². The van der Waals surface area contributed by atoms with E-state index < -0.39 is 0 Å². The third kappa shape index (κ3) is 3.79. The molecule has 5 nitrogen and oxygen atoms in total. The van der Waals surface area contributed by atoms with Crippen LogP contribution in [0.15, 0.2) is 45.2 Å². The third-order valence-electron chi connectivity index (χ3n) is 3.53. The molecule has 0 fully saturated rings. The average molecular weight is 347 g/mol. The second kappa shape index (κ2) is 7.23. The van der Waals surface area contributed by atoms with Crippen LogP contribution in [0.1, 0.15) is 11.3 Å². The number of aromatic nitrogens is 2. The summed E-state index contributed by atoms with van der Waals surface area (Å²) in [7, 11) is 1.71. The molecule has 0 saturated carbocycles. The maximum absolute atomic E-state index is 12.2. The van der Waals surface area contributed by atoms with E-state index in [1.807, 2.05) is 30.3 Å². The molecule has 1 N–H and O–H groups in total. The summed E-state index contributed by atoms with van der Waals surface area (Å²) < 4.78 is 1.53. The van der Waals surface area contributed by atoms with Gasteiger partial charge < -0.3 is 5.32 Å². The first-order valence-corrected chi connectivity index (χ1v) is 9.28. The number of carbonyl (C=O) groups is 1. The number of hydrogen-bond acceptors (Lipinski definition) is 5. The topological polar surface area (TPSA) is 64.0 Å². The van der Waals surface area contributed by atoms with Crippen molar-refractivity contribution in [1.82, 2.24) is 14.9 Å². The molecule has 3 rings (SSSR count). The van der Waals surface area contributed by atoms with E-state index in [-0.39, 0.29) is 17.2 Å². The van der Waals surface area contributed by atoms with Crippen molar-refractivity contribution in [3.63, 3.8) is 0 Å². The molecule has 0 atom stereocenters. The van der Waals surface area contributed by atoms with Gasteiger partial charge in [0.1, 0.15) is 0 Å². The minimum Gasteiger partial charge on any atom is -0.351 e. The van der Waals surface area contributed by atoms with Crippen LogP contribution in [0.4, 0.5) is 0 Å². The van der Waals surface area contributed by atoms with Crippen LogP contribution >= 0.6 is 23.5 Å². The number of rotatable bonds is 5. The highest BCUT2D eigenvalue weighted by molar-refractivity contribution is 8.00. The number of hydrogen-bond donors (Lipinski definition) is 1. The summed E-state index contributed by atoms with van der Waals surface area (Å²) in [4.78, 5) is 29.5. The molecule has 0 radical (unpaired) electrons. The van der Waals surface area contributed by atoms with Crippen LogP contribution in [0.2, 0.25) is 0 Å². The molecule has 1 aliphatic heterocycles. The molecule has 0 spiro atoms. The Balaban J connectivity index is 1.59. The van der Waals surface area contributed by atoms with Gasteiger partial charge in [0, 0.05) is 25.8 Å². The smallest absolute Gasteiger partial charge is 0.267 e. The quantitative estimate of drug-likeness (QED) is 0.660. The number of fused-ring (bicyclic) bond motifs is 1. The summed E-state index contributed by atoms with van der Waals surface area (Å²) in [5.74, 6) is 1.09. The zero-order chi connectivity index (χ0) is 16.2. The van der Waals surface area contributed by atoms with Crippen molar-refractivity contribution in [3.05, 3.63) is 51.9 Å². The molecule has 1 aromatic carbocycles. The van der Waals surface area contributed by atoms with E-state index in [4.69, 9.17) is 0 Å². The fraction of sp³-hybridized carbons (Fsp3) is 0.312. The summed E-state index contributed by atoms with van der Waals surface area (Å²) in [5, 5.41) is 3.48. The molecule has 1 aliphatic rings. The van der Waals surface area contributed by atoms with Gasteiger partial charge in [-0.2, -0.15) is 0 Å². The molecule has 2 heterocycles. The molecule has 0 bridgehead atoms. The molecule has 1 aromatic heterocycles. The lowest BCUT2D eigenvalue weighted by Crippen LogP contribution is -2.26. The van der Waals surface area contributed by atoms with Crippen LogP contribution in [-0.4, -0.2) is 27.0 Å². The summed E-state index contributed by atoms with van der Waals surface area (Å²) in [6.45, 7) is 0.507. The molecule has 1 amide bonds. The number of amides is 1. The second-order valence-corrected chi connectivity index (χ2v) is 7.23. The Morgan fingerprint density at radius 2 is 2.17 bits per heavy atom. The molecule has 0 aliphatic carbocycles. The van der Waals surface area contributed by atoms with E-state index in [9.17, 15) is 9.59 Å². The summed E-state index contributed by atoms with van der Waals surface area (Å²) >= 11 is 2.86. The fourth-order valence-corrected chi connectivity index (χ4v) is 4.16. The monoisotopic (exact) mass is 347 g/mol. The normalized spacial score (nSPS) is 12.9. The maximum atomic E-state index is 12.2. The minimum atomic E-state index is -0.0667. The van der Waals surface area contributed by atoms with E-state index >= 15 is 0 Å². The van der Waals surface area contributed by atoms with E-state index in [2.05, 4.69) is 10.3 Å². The SMILES string of the molecule is Cn1c(SCC(=O)NCc2ccccc2)nc2c(c1=O)SCC2. The van der Waals surface area contributed by atoms with Crippen molar-refractivity contribution >= 4 is 29.4 Å². The number of thioether (sulfide) groups is 2. The third-order valence-corrected chi connectivity index (χ3v) is 5.67. The second-order valence-electron chi connectivity index (χ2n) is 5.18. The Kier molecular flexibility index (Phi) is 5.07. The molecule has 23 heavy (non-hydrogen) atoms. The van der Waals surface area contributed by atoms with Gasteiger partial charge in [-0.1, -0.05) is 42.1 Å². The highest BCUT2D eigenvalue weighted by Crippen LogP contribution is 2.28. The lowest BCUT2D eigenvalue weighted by atomic mass is 10.2. The van der Waals surface area contributed by atoms with E-state index in [0.717, 1.165) is 28.3 Å². The predicted molar refractivity (Wildman–Crippen MR) is 92.9 cm³/mol. The van der Waals surface area contributed by atoms with E-state index in [0.29, 0.717) is 11.7 Å². The Morgan fingerprint density at radius 3 is 2.96 bits per heavy atom. The Morgan fingerprint density at radius 1 is 1.39 bits per heavy atom. The molecule has 0 saturated heterocycles. The molecule has 7 heteroatoms. The molecule has 0 unspecified atom stereocenters. The Bertz CT molecular complexity index is 775.